The van der Waals surface area contributed by atoms with E-state index in [0.29, 0.717) is 54.8 Å². The molecule has 2 heterocycles. The third kappa shape index (κ3) is 3.31. The number of carbonyl (C=O) groups excluding carboxylic acids is 2. The third-order valence-corrected chi connectivity index (χ3v) is 12.0. The van der Waals surface area contributed by atoms with Gasteiger partial charge in [-0.25, -0.2) is 0 Å². The van der Waals surface area contributed by atoms with Crippen molar-refractivity contribution in [1.29, 1.82) is 0 Å². The smallest absolute Gasteiger partial charge is 0.303 e. The Bertz CT molecular complexity index is 904. The number of ether oxygens (including phenoxy) is 3. The molecule has 6 aliphatic rings. The Morgan fingerprint density at radius 3 is 2.54 bits per heavy atom. The molecule has 0 bridgehead atoms. The predicted octanol–water partition coefficient (Wildman–Crippen LogP) is 4.51. The van der Waals surface area contributed by atoms with Crippen molar-refractivity contribution in [3.05, 3.63) is 0 Å². The Kier molecular flexibility index (Phi) is 5.57. The molecule has 6 nitrogen and oxygen atoms in total. The van der Waals surface area contributed by atoms with E-state index < -0.39 is 5.79 Å². The summed E-state index contributed by atoms with van der Waals surface area (Å²) in [6.07, 6.45) is 6.56. The van der Waals surface area contributed by atoms with Gasteiger partial charge in [0.15, 0.2) is 6.10 Å². The number of fused-ring (bicyclic) bond motifs is 7. The van der Waals surface area contributed by atoms with Crippen LogP contribution in [0.2, 0.25) is 0 Å². The van der Waals surface area contributed by atoms with Crippen LogP contribution in [0.3, 0.4) is 0 Å². The van der Waals surface area contributed by atoms with Gasteiger partial charge in [-0.1, -0.05) is 27.7 Å². The van der Waals surface area contributed by atoms with Crippen molar-refractivity contribution >= 4 is 11.8 Å². The Balaban J connectivity index is 1.29. The average molecular weight is 489 g/mol. The maximum Gasteiger partial charge on any atom is 0.303 e. The Labute approximate surface area is 209 Å². The molecule has 1 spiro atoms. The van der Waals surface area contributed by atoms with Crippen molar-refractivity contribution in [2.45, 2.75) is 110 Å². The lowest BCUT2D eigenvalue weighted by Crippen LogP contribution is -2.59. The van der Waals surface area contributed by atoms with Crippen LogP contribution in [0.15, 0.2) is 0 Å². The molecule has 0 radical (unpaired) electrons. The first-order valence-electron chi connectivity index (χ1n) is 14.2. The van der Waals surface area contributed by atoms with E-state index in [9.17, 15) is 14.7 Å². The normalized spacial score (nSPS) is 57.3. The molecule has 2 saturated heterocycles. The quantitative estimate of drug-likeness (QED) is 0.547. The van der Waals surface area contributed by atoms with E-state index in [2.05, 4.69) is 27.7 Å². The largest absolute Gasteiger partial charge is 0.457 e. The lowest BCUT2D eigenvalue weighted by Gasteiger charge is -2.60. The number of aliphatic hydroxyl groups is 1. The van der Waals surface area contributed by atoms with Crippen molar-refractivity contribution in [2.24, 2.45) is 52.3 Å². The molecule has 0 aromatic carbocycles. The van der Waals surface area contributed by atoms with Gasteiger partial charge in [0.2, 0.25) is 5.79 Å². The first-order chi connectivity index (χ1) is 16.5. The topological polar surface area (TPSA) is 82.1 Å². The average Bonchev–Trinajstić information content (AvgIpc) is 3.23. The van der Waals surface area contributed by atoms with E-state index in [-0.39, 0.29) is 46.9 Å². The minimum absolute atomic E-state index is 0.0228. The van der Waals surface area contributed by atoms with Gasteiger partial charge in [-0.2, -0.15) is 0 Å². The molecule has 13 atom stereocenters. The zero-order chi connectivity index (χ0) is 24.9. The highest BCUT2D eigenvalue weighted by atomic mass is 16.7. The van der Waals surface area contributed by atoms with Crippen molar-refractivity contribution in [1.82, 2.24) is 0 Å². The first-order valence-corrected chi connectivity index (χ1v) is 14.2. The van der Waals surface area contributed by atoms with Crippen LogP contribution >= 0.6 is 0 Å². The van der Waals surface area contributed by atoms with E-state index in [1.807, 2.05) is 0 Å². The summed E-state index contributed by atoms with van der Waals surface area (Å²) >= 11 is 0. The molecule has 4 saturated carbocycles. The van der Waals surface area contributed by atoms with Gasteiger partial charge >= 0.3 is 5.97 Å². The van der Waals surface area contributed by atoms with E-state index in [1.54, 1.807) is 0 Å². The number of hydrogen-bond donors (Lipinski definition) is 1. The summed E-state index contributed by atoms with van der Waals surface area (Å²) in [4.78, 5) is 25.4. The number of hydrogen-bond acceptors (Lipinski definition) is 6. The van der Waals surface area contributed by atoms with Gasteiger partial charge in [-0.15, -0.1) is 0 Å². The summed E-state index contributed by atoms with van der Waals surface area (Å²) in [7, 11) is 0. The van der Waals surface area contributed by atoms with Gasteiger partial charge in [0.1, 0.15) is 5.78 Å². The standard InChI is InChI=1S/C29H44O6/c1-15-10-25(34-17(3)30)29(33-14-15)16(2)26-24(35-29)13-21-19-12-23(32)22-11-18(31)6-8-27(22,4)20(19)7-9-28(21,26)5/h15-16,18-22,24-26,31H,6-14H2,1-5H3/t15-,16+,18+,19-,20+,21+,22-,24+,25+,26+,27-,28+,29+/m1/s1. The van der Waals surface area contributed by atoms with Gasteiger partial charge in [-0.3, -0.25) is 9.59 Å². The molecule has 2 aliphatic heterocycles. The first kappa shape index (κ1) is 24.4. The Morgan fingerprint density at radius 2 is 1.80 bits per heavy atom. The lowest BCUT2D eigenvalue weighted by atomic mass is 9.44. The molecule has 4 aliphatic carbocycles. The summed E-state index contributed by atoms with van der Waals surface area (Å²) in [6, 6.07) is 0. The maximum atomic E-state index is 13.4. The fraction of sp³-hybridized carbons (Fsp3) is 0.931. The maximum absolute atomic E-state index is 13.4. The fourth-order valence-electron chi connectivity index (χ4n) is 10.5. The van der Waals surface area contributed by atoms with Gasteiger partial charge in [0, 0.05) is 25.2 Å². The van der Waals surface area contributed by atoms with Crippen LogP contribution in [-0.2, 0) is 23.8 Å². The lowest BCUT2D eigenvalue weighted by molar-refractivity contribution is -0.318. The van der Waals surface area contributed by atoms with Crippen LogP contribution in [0.1, 0.15) is 86.0 Å². The molecule has 6 rings (SSSR count). The summed E-state index contributed by atoms with van der Waals surface area (Å²) in [5.74, 6) is 1.53. The molecule has 0 unspecified atom stereocenters. The Morgan fingerprint density at radius 1 is 1.06 bits per heavy atom. The van der Waals surface area contributed by atoms with Gasteiger partial charge in [0.05, 0.1) is 18.8 Å². The number of aliphatic hydroxyl groups excluding tert-OH is 1. The highest BCUT2D eigenvalue weighted by Crippen LogP contribution is 2.71. The molecule has 35 heavy (non-hydrogen) atoms. The molecule has 196 valence electrons. The van der Waals surface area contributed by atoms with E-state index >= 15 is 0 Å². The van der Waals surface area contributed by atoms with E-state index in [0.717, 1.165) is 38.5 Å². The molecule has 6 fully saturated rings. The van der Waals surface area contributed by atoms with Crippen LogP contribution < -0.4 is 0 Å². The number of rotatable bonds is 1. The monoisotopic (exact) mass is 488 g/mol. The minimum Gasteiger partial charge on any atom is -0.457 e. The van der Waals surface area contributed by atoms with Gasteiger partial charge < -0.3 is 19.3 Å². The number of carbonyl (C=O) groups is 2. The van der Waals surface area contributed by atoms with E-state index in [4.69, 9.17) is 14.2 Å². The summed E-state index contributed by atoms with van der Waals surface area (Å²) in [5.41, 5.74) is 0.120. The van der Waals surface area contributed by atoms with Crippen LogP contribution in [0.4, 0.5) is 0 Å². The van der Waals surface area contributed by atoms with Crippen LogP contribution in [0.5, 0.6) is 0 Å². The summed E-state index contributed by atoms with van der Waals surface area (Å²) in [6.45, 7) is 11.3. The van der Waals surface area contributed by atoms with Gasteiger partial charge in [-0.05, 0) is 85.4 Å². The van der Waals surface area contributed by atoms with Crippen molar-refractivity contribution < 1.29 is 28.9 Å². The second-order valence-electron chi connectivity index (χ2n) is 13.8. The zero-order valence-corrected chi connectivity index (χ0v) is 22.1. The Hall–Kier alpha value is -0.980. The van der Waals surface area contributed by atoms with Crippen molar-refractivity contribution in [2.75, 3.05) is 6.61 Å². The second-order valence-corrected chi connectivity index (χ2v) is 13.8. The fourth-order valence-corrected chi connectivity index (χ4v) is 10.5. The summed E-state index contributed by atoms with van der Waals surface area (Å²) in [5, 5.41) is 10.3. The molecule has 0 amide bonds. The van der Waals surface area contributed by atoms with Crippen molar-refractivity contribution in [3.8, 4) is 0 Å². The van der Waals surface area contributed by atoms with Crippen molar-refractivity contribution in [3.63, 3.8) is 0 Å². The third-order valence-electron chi connectivity index (χ3n) is 12.0. The molecule has 6 heteroatoms. The SMILES string of the molecule is CC(=O)O[C@H]1C[C@@H](C)CO[C@@]12O[C@H]1C[C@H]3[C@@H]4CC(=O)[C@H]5C[C@@H](O)CC[C@]5(C)[C@H]4CC[C@]3(C)[C@H]1[C@@H]2C. The zero-order valence-electron chi connectivity index (χ0n) is 22.1. The summed E-state index contributed by atoms with van der Waals surface area (Å²) < 4.78 is 19.2. The molecule has 0 aromatic rings. The predicted molar refractivity (Wildman–Crippen MR) is 129 cm³/mol. The van der Waals surface area contributed by atoms with E-state index in [1.165, 1.54) is 6.92 Å². The highest BCUT2D eigenvalue weighted by molar-refractivity contribution is 5.83. The van der Waals surface area contributed by atoms with Crippen LogP contribution in [0, 0.1) is 52.3 Å². The second kappa shape index (κ2) is 8.01. The minimum atomic E-state index is -0.850. The molecule has 1 N–H and O–H groups in total. The number of esters is 1. The molecular weight excluding hydrogens is 444 g/mol. The molecular formula is C29H44O6. The number of ketones is 1. The molecule has 0 aromatic heterocycles. The van der Waals surface area contributed by atoms with Crippen LogP contribution in [-0.4, -0.2) is 47.6 Å². The highest BCUT2D eigenvalue weighted by Gasteiger charge is 2.71. The van der Waals surface area contributed by atoms with Crippen LogP contribution in [0.25, 0.3) is 0 Å². The number of Topliss-reactive ketones (excluding diaryl/α,β-unsaturated/α-hetero) is 1. The van der Waals surface area contributed by atoms with Gasteiger partial charge in [0.25, 0.3) is 0 Å².